The summed E-state index contributed by atoms with van der Waals surface area (Å²) in [4.78, 5) is 11.6. The van der Waals surface area contributed by atoms with Gasteiger partial charge in [0.2, 0.25) is 0 Å². The Hall–Kier alpha value is -1.55. The summed E-state index contributed by atoms with van der Waals surface area (Å²) in [5.74, 6) is -0.803. The smallest absolute Gasteiger partial charge is 0.251 e. The summed E-state index contributed by atoms with van der Waals surface area (Å²) in [6.07, 6.45) is -8.42. The maximum absolute atomic E-state index is 11.6. The van der Waals surface area contributed by atoms with Crippen LogP contribution in [0.2, 0.25) is 0 Å². The van der Waals surface area contributed by atoms with Crippen LogP contribution >= 0.6 is 0 Å². The monoisotopic (exact) mass is 313 g/mol. The van der Waals surface area contributed by atoms with Crippen molar-refractivity contribution in [2.24, 2.45) is 5.73 Å². The number of aliphatic hydroxyl groups is 4. The topological polar surface area (TPSA) is 142 Å². The van der Waals surface area contributed by atoms with E-state index in [1.54, 1.807) is 30.3 Å². The zero-order valence-electron chi connectivity index (χ0n) is 11.6. The molecule has 1 saturated heterocycles. The molecule has 2 rings (SSSR count). The van der Waals surface area contributed by atoms with Gasteiger partial charge in [-0.25, -0.2) is 0 Å². The molecule has 1 aliphatic heterocycles. The Morgan fingerprint density at radius 1 is 1.18 bits per heavy atom. The number of rotatable bonds is 5. The fourth-order valence-corrected chi connectivity index (χ4v) is 2.25. The highest BCUT2D eigenvalue weighted by Crippen LogP contribution is 2.27. The third-order valence-electron chi connectivity index (χ3n) is 3.48. The van der Waals surface area contributed by atoms with Crippen LogP contribution < -0.4 is 5.73 Å². The molecule has 22 heavy (non-hydrogen) atoms. The highest BCUT2D eigenvalue weighted by molar-refractivity contribution is 5.80. The van der Waals surface area contributed by atoms with E-state index < -0.39 is 49.3 Å². The third-order valence-corrected chi connectivity index (χ3v) is 3.48. The first-order valence-corrected chi connectivity index (χ1v) is 6.76. The van der Waals surface area contributed by atoms with Gasteiger partial charge >= 0.3 is 0 Å². The summed E-state index contributed by atoms with van der Waals surface area (Å²) >= 11 is 0. The first kappa shape index (κ1) is 16.8. The predicted molar refractivity (Wildman–Crippen MR) is 73.2 cm³/mol. The number of benzene rings is 1. The highest BCUT2D eigenvalue weighted by Gasteiger charge is 2.45. The normalized spacial score (nSPS) is 33.4. The SMILES string of the molecule is NC(=O)[C@H](O[C@@H]1O[C@H](CO)[C@@H](O)[C@H](O)[C@H]1O)c1ccccc1. The number of aliphatic hydroxyl groups excluding tert-OH is 4. The number of carbonyl (C=O) groups is 1. The van der Waals surface area contributed by atoms with E-state index in [1.807, 2.05) is 0 Å². The summed E-state index contributed by atoms with van der Waals surface area (Å²) in [5.41, 5.74) is 5.75. The molecule has 122 valence electrons. The van der Waals surface area contributed by atoms with Crippen molar-refractivity contribution in [1.82, 2.24) is 0 Å². The van der Waals surface area contributed by atoms with Gasteiger partial charge in [-0.05, 0) is 5.56 Å². The Balaban J connectivity index is 2.17. The van der Waals surface area contributed by atoms with Crippen molar-refractivity contribution in [3.63, 3.8) is 0 Å². The Morgan fingerprint density at radius 3 is 2.36 bits per heavy atom. The number of hydrogen-bond acceptors (Lipinski definition) is 7. The highest BCUT2D eigenvalue weighted by atomic mass is 16.7. The molecule has 0 aromatic heterocycles. The maximum Gasteiger partial charge on any atom is 0.251 e. The zero-order chi connectivity index (χ0) is 16.3. The molecule has 1 fully saturated rings. The number of ether oxygens (including phenoxy) is 2. The van der Waals surface area contributed by atoms with Gasteiger partial charge in [-0.2, -0.15) is 0 Å². The second kappa shape index (κ2) is 7.14. The molecule has 6 atom stereocenters. The minimum atomic E-state index is -1.59. The minimum absolute atomic E-state index is 0.451. The van der Waals surface area contributed by atoms with Crippen LogP contribution in [-0.4, -0.2) is 63.6 Å². The van der Waals surface area contributed by atoms with Crippen molar-refractivity contribution < 1.29 is 34.7 Å². The molecule has 6 N–H and O–H groups in total. The molecular weight excluding hydrogens is 294 g/mol. The van der Waals surface area contributed by atoms with Crippen LogP contribution in [0.4, 0.5) is 0 Å². The number of amides is 1. The van der Waals surface area contributed by atoms with Crippen LogP contribution in [0.3, 0.4) is 0 Å². The average Bonchev–Trinajstić information content (AvgIpc) is 2.52. The molecule has 1 aromatic rings. The summed E-state index contributed by atoms with van der Waals surface area (Å²) in [6, 6.07) is 8.33. The van der Waals surface area contributed by atoms with Crippen LogP contribution in [0.1, 0.15) is 11.7 Å². The summed E-state index contributed by atoms with van der Waals surface area (Å²) in [7, 11) is 0. The van der Waals surface area contributed by atoms with Gasteiger partial charge in [0.25, 0.3) is 5.91 Å². The molecule has 8 nitrogen and oxygen atoms in total. The molecule has 0 radical (unpaired) electrons. The summed E-state index contributed by atoms with van der Waals surface area (Å²) in [6.45, 7) is -0.586. The molecule has 0 aliphatic carbocycles. The van der Waals surface area contributed by atoms with E-state index in [2.05, 4.69) is 0 Å². The van der Waals surface area contributed by atoms with Crippen molar-refractivity contribution in [1.29, 1.82) is 0 Å². The fraction of sp³-hybridized carbons (Fsp3) is 0.500. The molecule has 0 unspecified atom stereocenters. The van der Waals surface area contributed by atoms with Gasteiger partial charge in [-0.1, -0.05) is 30.3 Å². The van der Waals surface area contributed by atoms with Crippen LogP contribution in [0.25, 0.3) is 0 Å². The van der Waals surface area contributed by atoms with Crippen LogP contribution in [0.15, 0.2) is 30.3 Å². The minimum Gasteiger partial charge on any atom is -0.394 e. The van der Waals surface area contributed by atoms with Gasteiger partial charge in [0, 0.05) is 0 Å². The lowest BCUT2D eigenvalue weighted by Gasteiger charge is -2.40. The van der Waals surface area contributed by atoms with Gasteiger partial charge in [0.05, 0.1) is 6.61 Å². The second-order valence-electron chi connectivity index (χ2n) is 5.03. The quantitative estimate of drug-likeness (QED) is 0.424. The largest absolute Gasteiger partial charge is 0.394 e. The zero-order valence-corrected chi connectivity index (χ0v) is 11.6. The van der Waals surface area contributed by atoms with E-state index in [0.717, 1.165) is 0 Å². The number of primary amides is 1. The van der Waals surface area contributed by atoms with E-state index in [-0.39, 0.29) is 0 Å². The first-order valence-electron chi connectivity index (χ1n) is 6.76. The fourth-order valence-electron chi connectivity index (χ4n) is 2.25. The molecule has 0 saturated carbocycles. The molecule has 1 amide bonds. The Kier molecular flexibility index (Phi) is 5.46. The third kappa shape index (κ3) is 3.43. The molecule has 0 bridgehead atoms. The molecule has 8 heteroatoms. The molecule has 1 heterocycles. The maximum atomic E-state index is 11.6. The van der Waals surface area contributed by atoms with Gasteiger partial charge in [-0.3, -0.25) is 4.79 Å². The van der Waals surface area contributed by atoms with Crippen molar-refractivity contribution in [3.8, 4) is 0 Å². The summed E-state index contributed by atoms with van der Waals surface area (Å²) in [5, 5.41) is 38.4. The van der Waals surface area contributed by atoms with Crippen molar-refractivity contribution in [3.05, 3.63) is 35.9 Å². The molecule has 1 aliphatic rings. The predicted octanol–water partition coefficient (Wildman–Crippen LogP) is -1.97. The van der Waals surface area contributed by atoms with Gasteiger partial charge in [0.1, 0.15) is 24.4 Å². The lowest BCUT2D eigenvalue weighted by atomic mass is 9.99. The standard InChI is InChI=1S/C14H19NO7/c15-13(20)12(7-4-2-1-3-5-7)22-14-11(19)10(18)9(17)8(6-16)21-14/h1-5,8-12,14,16-19H,6H2,(H2,15,20)/t8-,9-,10+,11-,12-,14+/m1/s1. The van der Waals surface area contributed by atoms with E-state index in [9.17, 15) is 20.1 Å². The average molecular weight is 313 g/mol. The lowest BCUT2D eigenvalue weighted by molar-refractivity contribution is -0.309. The first-order chi connectivity index (χ1) is 10.5. The molecular formula is C14H19NO7. The van der Waals surface area contributed by atoms with E-state index in [0.29, 0.717) is 5.56 Å². The van der Waals surface area contributed by atoms with Crippen LogP contribution in [-0.2, 0) is 14.3 Å². The van der Waals surface area contributed by atoms with E-state index in [1.165, 1.54) is 0 Å². The van der Waals surface area contributed by atoms with E-state index >= 15 is 0 Å². The van der Waals surface area contributed by atoms with Gasteiger partial charge in [0.15, 0.2) is 12.4 Å². The van der Waals surface area contributed by atoms with Gasteiger partial charge < -0.3 is 35.6 Å². The van der Waals surface area contributed by atoms with Crippen molar-refractivity contribution >= 4 is 5.91 Å². The molecule has 1 aromatic carbocycles. The van der Waals surface area contributed by atoms with Crippen LogP contribution in [0, 0.1) is 0 Å². The van der Waals surface area contributed by atoms with Crippen LogP contribution in [0.5, 0.6) is 0 Å². The van der Waals surface area contributed by atoms with E-state index in [4.69, 9.17) is 20.3 Å². The van der Waals surface area contributed by atoms with Gasteiger partial charge in [-0.15, -0.1) is 0 Å². The Labute approximate surface area is 126 Å². The Morgan fingerprint density at radius 2 is 1.82 bits per heavy atom. The van der Waals surface area contributed by atoms with Crippen molar-refractivity contribution in [2.45, 2.75) is 36.8 Å². The second-order valence-corrected chi connectivity index (χ2v) is 5.03. The Bertz CT molecular complexity index is 495. The van der Waals surface area contributed by atoms with Crippen molar-refractivity contribution in [2.75, 3.05) is 6.61 Å². The number of carbonyl (C=O) groups excluding carboxylic acids is 1. The number of nitrogens with two attached hydrogens (primary N) is 1. The molecule has 0 spiro atoms. The summed E-state index contributed by atoms with van der Waals surface area (Å²) < 4.78 is 10.6. The number of hydrogen-bond donors (Lipinski definition) is 5. The lowest BCUT2D eigenvalue weighted by Crippen LogP contribution is -2.59.